The third kappa shape index (κ3) is 2.37. The summed E-state index contributed by atoms with van der Waals surface area (Å²) in [4.78, 5) is 7.31. The zero-order valence-electron chi connectivity index (χ0n) is 9.88. The Hall–Kier alpha value is -1.40. The van der Waals surface area contributed by atoms with E-state index in [-0.39, 0.29) is 11.9 Å². The van der Waals surface area contributed by atoms with Gasteiger partial charge in [-0.25, -0.2) is 4.39 Å². The van der Waals surface area contributed by atoms with Crippen LogP contribution in [0.1, 0.15) is 10.9 Å². The average molecular weight is 340 g/mol. The summed E-state index contributed by atoms with van der Waals surface area (Å²) in [5, 5.41) is 0. The van der Waals surface area contributed by atoms with Crippen LogP contribution in [-0.2, 0) is 0 Å². The van der Waals surface area contributed by atoms with Crippen LogP contribution >= 0.6 is 27.3 Å². The lowest BCUT2D eigenvalue weighted by molar-refractivity contribution is 0.627. The van der Waals surface area contributed by atoms with Gasteiger partial charge in [0.1, 0.15) is 5.82 Å². The topological polar surface area (TPSA) is 41.6 Å². The number of aliphatic imine (C=N–C) groups is 1. The first-order valence-corrected chi connectivity index (χ1v) is 7.36. The fourth-order valence-electron chi connectivity index (χ4n) is 2.16. The van der Waals surface area contributed by atoms with Crippen LogP contribution in [0.5, 0.6) is 0 Å². The van der Waals surface area contributed by atoms with Gasteiger partial charge in [-0.05, 0) is 46.3 Å². The van der Waals surface area contributed by atoms with Crippen molar-refractivity contribution in [2.24, 2.45) is 10.7 Å². The van der Waals surface area contributed by atoms with E-state index in [1.54, 1.807) is 17.4 Å². The zero-order valence-corrected chi connectivity index (χ0v) is 12.3. The fourth-order valence-corrected chi connectivity index (χ4v) is 3.67. The highest BCUT2D eigenvalue weighted by Gasteiger charge is 2.30. The van der Waals surface area contributed by atoms with Crippen molar-refractivity contribution in [2.75, 3.05) is 11.4 Å². The minimum atomic E-state index is -0.275. The number of nitrogens with two attached hydrogens (primary N) is 1. The Kier molecular flexibility index (Phi) is 3.28. The van der Waals surface area contributed by atoms with E-state index in [1.807, 2.05) is 23.1 Å². The van der Waals surface area contributed by atoms with Crippen molar-refractivity contribution in [1.29, 1.82) is 0 Å². The van der Waals surface area contributed by atoms with E-state index < -0.39 is 0 Å². The first-order valence-electron chi connectivity index (χ1n) is 5.75. The molecule has 0 amide bonds. The third-order valence-corrected chi connectivity index (χ3v) is 4.72. The number of guanidine groups is 1. The molecular weight excluding hydrogens is 329 g/mol. The van der Waals surface area contributed by atoms with Crippen molar-refractivity contribution < 1.29 is 4.39 Å². The lowest BCUT2D eigenvalue weighted by Gasteiger charge is -2.25. The molecule has 0 fully saturated rings. The number of nitrogens with zero attached hydrogens (tertiary/aromatic N) is 2. The lowest BCUT2D eigenvalue weighted by Crippen LogP contribution is -2.35. The Morgan fingerprint density at radius 1 is 1.37 bits per heavy atom. The molecule has 0 aliphatic carbocycles. The number of benzene rings is 1. The van der Waals surface area contributed by atoms with Crippen LogP contribution < -0.4 is 10.6 Å². The summed E-state index contributed by atoms with van der Waals surface area (Å²) in [6.07, 6.45) is 0. The van der Waals surface area contributed by atoms with Gasteiger partial charge < -0.3 is 10.6 Å². The predicted octanol–water partition coefficient (Wildman–Crippen LogP) is 3.53. The summed E-state index contributed by atoms with van der Waals surface area (Å²) < 4.78 is 14.4. The van der Waals surface area contributed by atoms with Crippen LogP contribution in [-0.4, -0.2) is 12.5 Å². The first kappa shape index (κ1) is 12.6. The summed E-state index contributed by atoms with van der Waals surface area (Å²) >= 11 is 5.10. The maximum Gasteiger partial charge on any atom is 0.196 e. The molecule has 0 spiro atoms. The van der Waals surface area contributed by atoms with Gasteiger partial charge in [0, 0.05) is 10.6 Å². The van der Waals surface area contributed by atoms with Crippen LogP contribution in [0.4, 0.5) is 10.1 Å². The van der Waals surface area contributed by atoms with Gasteiger partial charge in [0.25, 0.3) is 0 Å². The zero-order chi connectivity index (χ0) is 13.4. The molecule has 2 N–H and O–H groups in total. The molecule has 0 radical (unpaired) electrons. The molecule has 6 heteroatoms. The molecule has 98 valence electrons. The van der Waals surface area contributed by atoms with Gasteiger partial charge >= 0.3 is 0 Å². The van der Waals surface area contributed by atoms with Crippen molar-refractivity contribution in [1.82, 2.24) is 0 Å². The quantitative estimate of drug-likeness (QED) is 0.909. The minimum absolute atomic E-state index is 0.0399. The molecule has 1 atom stereocenters. The molecule has 1 aromatic heterocycles. The Balaban J connectivity index is 1.99. The van der Waals surface area contributed by atoms with E-state index in [4.69, 9.17) is 5.73 Å². The molecule has 2 aromatic rings. The van der Waals surface area contributed by atoms with Gasteiger partial charge in [0.2, 0.25) is 0 Å². The molecule has 19 heavy (non-hydrogen) atoms. The second-order valence-electron chi connectivity index (χ2n) is 4.21. The van der Waals surface area contributed by atoms with Gasteiger partial charge in [-0.1, -0.05) is 6.07 Å². The Morgan fingerprint density at radius 3 is 2.89 bits per heavy atom. The van der Waals surface area contributed by atoms with E-state index in [2.05, 4.69) is 20.9 Å². The van der Waals surface area contributed by atoms with E-state index >= 15 is 0 Å². The first-order chi connectivity index (χ1) is 9.15. The van der Waals surface area contributed by atoms with E-state index in [1.165, 1.54) is 12.1 Å². The van der Waals surface area contributed by atoms with E-state index in [0.717, 1.165) is 14.4 Å². The molecule has 3 rings (SSSR count). The minimum Gasteiger partial charge on any atom is -0.369 e. The molecule has 0 saturated carbocycles. The number of hydrogen-bond acceptors (Lipinski definition) is 4. The molecule has 2 heterocycles. The molecule has 0 bridgehead atoms. The number of halogens is 2. The molecule has 1 unspecified atom stereocenters. The SMILES string of the molecule is NC1=NCC(c2ccc(Br)s2)N1c1cccc(F)c1. The maximum absolute atomic E-state index is 13.4. The monoisotopic (exact) mass is 339 g/mol. The summed E-state index contributed by atoms with van der Waals surface area (Å²) in [7, 11) is 0. The maximum atomic E-state index is 13.4. The number of hydrogen-bond donors (Lipinski definition) is 1. The standard InChI is InChI=1S/C13H11BrFN3S/c14-12-5-4-11(19-12)10-7-17-13(16)18(10)9-3-1-2-8(15)6-9/h1-6,10H,7H2,(H2,16,17). The van der Waals surface area contributed by atoms with Crippen molar-refractivity contribution in [3.63, 3.8) is 0 Å². The molecular formula is C13H11BrFN3S. The highest BCUT2D eigenvalue weighted by Crippen LogP contribution is 2.36. The number of rotatable bonds is 2. The van der Waals surface area contributed by atoms with Crippen LogP contribution in [0, 0.1) is 5.82 Å². The molecule has 0 saturated heterocycles. The Labute approximate surface area is 122 Å². The second-order valence-corrected chi connectivity index (χ2v) is 6.70. The number of thiophene rings is 1. The van der Waals surface area contributed by atoms with Crippen LogP contribution in [0.25, 0.3) is 0 Å². The highest BCUT2D eigenvalue weighted by atomic mass is 79.9. The lowest BCUT2D eigenvalue weighted by atomic mass is 10.2. The predicted molar refractivity (Wildman–Crippen MR) is 80.1 cm³/mol. The summed E-state index contributed by atoms with van der Waals surface area (Å²) in [6, 6.07) is 10.5. The van der Waals surface area contributed by atoms with Crippen LogP contribution in [0.15, 0.2) is 45.2 Å². The summed E-state index contributed by atoms with van der Waals surface area (Å²) in [5.41, 5.74) is 6.67. The van der Waals surface area contributed by atoms with Gasteiger partial charge in [0.15, 0.2) is 5.96 Å². The summed E-state index contributed by atoms with van der Waals surface area (Å²) in [5.74, 6) is 0.156. The van der Waals surface area contributed by atoms with Crippen molar-refractivity contribution in [2.45, 2.75) is 6.04 Å². The third-order valence-electron chi connectivity index (χ3n) is 2.99. The van der Waals surface area contributed by atoms with Crippen molar-refractivity contribution in [3.8, 4) is 0 Å². The van der Waals surface area contributed by atoms with E-state index in [0.29, 0.717) is 12.5 Å². The van der Waals surface area contributed by atoms with Gasteiger partial charge in [-0.2, -0.15) is 0 Å². The summed E-state index contributed by atoms with van der Waals surface area (Å²) in [6.45, 7) is 0.593. The van der Waals surface area contributed by atoms with Gasteiger partial charge in [0.05, 0.1) is 16.4 Å². The normalized spacial score (nSPS) is 18.7. The van der Waals surface area contributed by atoms with Crippen molar-refractivity contribution in [3.05, 3.63) is 50.9 Å². The molecule has 1 aliphatic heterocycles. The van der Waals surface area contributed by atoms with Gasteiger partial charge in [-0.15, -0.1) is 11.3 Å². The Bertz CT molecular complexity index is 640. The van der Waals surface area contributed by atoms with Crippen molar-refractivity contribution >= 4 is 38.9 Å². The highest BCUT2D eigenvalue weighted by molar-refractivity contribution is 9.11. The largest absolute Gasteiger partial charge is 0.369 e. The molecule has 3 nitrogen and oxygen atoms in total. The van der Waals surface area contributed by atoms with E-state index in [9.17, 15) is 4.39 Å². The molecule has 1 aromatic carbocycles. The number of anilines is 1. The fraction of sp³-hybridized carbons (Fsp3) is 0.154. The second kappa shape index (κ2) is 4.94. The van der Waals surface area contributed by atoms with Gasteiger partial charge in [-0.3, -0.25) is 4.99 Å². The van der Waals surface area contributed by atoms with Crippen LogP contribution in [0.3, 0.4) is 0 Å². The Morgan fingerprint density at radius 2 is 2.21 bits per heavy atom. The van der Waals surface area contributed by atoms with Crippen LogP contribution in [0.2, 0.25) is 0 Å². The smallest absolute Gasteiger partial charge is 0.196 e. The average Bonchev–Trinajstić information content (AvgIpc) is 2.95. The molecule has 1 aliphatic rings.